The van der Waals surface area contributed by atoms with Crippen LogP contribution in [0.5, 0.6) is 0 Å². The zero-order valence-corrected chi connectivity index (χ0v) is 11.3. The Morgan fingerprint density at radius 1 is 1.50 bits per heavy atom. The number of para-hydroxylation sites is 2. The minimum absolute atomic E-state index is 0.00253. The van der Waals surface area contributed by atoms with Crippen LogP contribution in [0.4, 0.5) is 11.4 Å². The summed E-state index contributed by atoms with van der Waals surface area (Å²) in [5.74, 6) is 0.183. The molecule has 2 amide bonds. The molecule has 2 N–H and O–H groups in total. The lowest BCUT2D eigenvalue weighted by molar-refractivity contribution is -0.383. The van der Waals surface area contributed by atoms with Crippen LogP contribution in [0.1, 0.15) is 6.42 Å². The molecule has 106 valence electrons. The van der Waals surface area contributed by atoms with Gasteiger partial charge in [0.2, 0.25) is 11.8 Å². The van der Waals surface area contributed by atoms with Crippen LogP contribution >= 0.6 is 11.8 Å². The van der Waals surface area contributed by atoms with E-state index in [9.17, 15) is 19.7 Å². The highest BCUT2D eigenvalue weighted by atomic mass is 32.2. The molecule has 20 heavy (non-hydrogen) atoms. The van der Waals surface area contributed by atoms with Crippen molar-refractivity contribution >= 4 is 35.0 Å². The van der Waals surface area contributed by atoms with E-state index in [1.54, 1.807) is 6.07 Å². The third-order valence-electron chi connectivity index (χ3n) is 2.76. The number of benzene rings is 1. The van der Waals surface area contributed by atoms with E-state index in [0.29, 0.717) is 6.54 Å². The average Bonchev–Trinajstić information content (AvgIpc) is 2.41. The molecule has 0 aliphatic carbocycles. The highest BCUT2D eigenvalue weighted by Gasteiger charge is 2.26. The van der Waals surface area contributed by atoms with Gasteiger partial charge < -0.3 is 10.6 Å². The predicted octanol–water partition coefficient (Wildman–Crippen LogP) is 1.15. The molecule has 1 heterocycles. The van der Waals surface area contributed by atoms with E-state index >= 15 is 0 Å². The minimum Gasteiger partial charge on any atom is -0.354 e. The lowest BCUT2D eigenvalue weighted by atomic mass is 10.2. The van der Waals surface area contributed by atoms with Gasteiger partial charge in [-0.05, 0) is 6.07 Å². The summed E-state index contributed by atoms with van der Waals surface area (Å²) in [7, 11) is 0. The Kier molecular flexibility index (Phi) is 4.57. The number of anilines is 1. The lowest BCUT2D eigenvalue weighted by Gasteiger charge is -2.20. The average molecular weight is 295 g/mol. The van der Waals surface area contributed by atoms with Crippen molar-refractivity contribution in [1.82, 2.24) is 5.32 Å². The lowest BCUT2D eigenvalue weighted by Crippen LogP contribution is -2.40. The minimum atomic E-state index is -0.558. The normalized spacial score (nSPS) is 18.2. The molecule has 1 fully saturated rings. The van der Waals surface area contributed by atoms with Crippen molar-refractivity contribution in [2.24, 2.45) is 0 Å². The van der Waals surface area contributed by atoms with Crippen molar-refractivity contribution in [3.63, 3.8) is 0 Å². The van der Waals surface area contributed by atoms with Crippen molar-refractivity contribution in [2.75, 3.05) is 17.6 Å². The molecule has 0 saturated carbocycles. The first-order valence-corrected chi connectivity index (χ1v) is 7.05. The number of nitrogens with zero attached hydrogens (tertiary/aromatic N) is 1. The van der Waals surface area contributed by atoms with Gasteiger partial charge in [0.15, 0.2) is 0 Å². The number of rotatable bonds is 4. The fourth-order valence-electron chi connectivity index (χ4n) is 1.82. The zero-order chi connectivity index (χ0) is 14.5. The molecule has 0 unspecified atom stereocenters. The van der Waals surface area contributed by atoms with E-state index in [1.165, 1.54) is 30.0 Å². The first-order valence-electron chi connectivity index (χ1n) is 6.00. The molecule has 1 aromatic rings. The highest BCUT2D eigenvalue weighted by Crippen LogP contribution is 2.24. The fraction of sp³-hybridized carbons (Fsp3) is 0.333. The summed E-state index contributed by atoms with van der Waals surface area (Å²) in [6.45, 7) is 0.603. The summed E-state index contributed by atoms with van der Waals surface area (Å²) < 4.78 is 0. The number of thioether (sulfide) groups is 1. The molecule has 0 spiro atoms. The van der Waals surface area contributed by atoms with Crippen molar-refractivity contribution in [3.05, 3.63) is 34.4 Å². The van der Waals surface area contributed by atoms with Gasteiger partial charge in [-0.3, -0.25) is 19.7 Å². The van der Waals surface area contributed by atoms with Gasteiger partial charge in [0.05, 0.1) is 10.2 Å². The molecule has 1 aromatic carbocycles. The predicted molar refractivity (Wildman–Crippen MR) is 75.6 cm³/mol. The van der Waals surface area contributed by atoms with Crippen LogP contribution < -0.4 is 10.6 Å². The number of hydrogen-bond donors (Lipinski definition) is 2. The van der Waals surface area contributed by atoms with Crippen LogP contribution in [0.3, 0.4) is 0 Å². The third kappa shape index (κ3) is 3.47. The Hall–Kier alpha value is -2.09. The molecule has 1 saturated heterocycles. The van der Waals surface area contributed by atoms with Crippen molar-refractivity contribution in [2.45, 2.75) is 11.7 Å². The van der Waals surface area contributed by atoms with Gasteiger partial charge in [0, 0.05) is 24.8 Å². The van der Waals surface area contributed by atoms with Gasteiger partial charge in [0.1, 0.15) is 5.69 Å². The number of nitrogens with one attached hydrogen (secondary N) is 2. The molecule has 1 aliphatic heterocycles. The van der Waals surface area contributed by atoms with Crippen LogP contribution in [-0.2, 0) is 9.59 Å². The number of carbonyl (C=O) groups excluding carboxylic acids is 2. The zero-order valence-electron chi connectivity index (χ0n) is 10.5. The standard InChI is InChI=1S/C12H13N3O4S/c16-11(7-10-12(17)13-5-6-20-10)14-8-3-1-2-4-9(8)15(18)19/h1-4,10H,5-7H2,(H,13,17)(H,14,16)/t10-/m0/s1. The van der Waals surface area contributed by atoms with Crippen LogP contribution in [-0.4, -0.2) is 34.3 Å². The van der Waals surface area contributed by atoms with Crippen LogP contribution in [0.25, 0.3) is 0 Å². The SMILES string of the molecule is O=C(C[C@@H]1SCCNC1=O)Nc1ccccc1[N+](=O)[O-]. The molecular weight excluding hydrogens is 282 g/mol. The van der Waals surface area contributed by atoms with Crippen molar-refractivity contribution < 1.29 is 14.5 Å². The summed E-state index contributed by atoms with van der Waals surface area (Å²) in [6.07, 6.45) is 0.00253. The van der Waals surface area contributed by atoms with Gasteiger partial charge >= 0.3 is 0 Å². The molecule has 8 heteroatoms. The van der Waals surface area contributed by atoms with Crippen LogP contribution in [0, 0.1) is 10.1 Å². The monoisotopic (exact) mass is 295 g/mol. The van der Waals surface area contributed by atoms with E-state index < -0.39 is 16.1 Å². The Morgan fingerprint density at radius 3 is 2.95 bits per heavy atom. The van der Waals surface area contributed by atoms with Gasteiger partial charge in [-0.2, -0.15) is 0 Å². The molecular formula is C12H13N3O4S. The molecule has 0 bridgehead atoms. The molecule has 7 nitrogen and oxygen atoms in total. The van der Waals surface area contributed by atoms with Gasteiger partial charge in [0.25, 0.3) is 5.69 Å². The summed E-state index contributed by atoms with van der Waals surface area (Å²) in [6, 6.07) is 5.91. The molecule has 0 aromatic heterocycles. The third-order valence-corrected chi connectivity index (χ3v) is 3.98. The number of hydrogen-bond acceptors (Lipinski definition) is 5. The quantitative estimate of drug-likeness (QED) is 0.641. The van der Waals surface area contributed by atoms with Crippen molar-refractivity contribution in [3.8, 4) is 0 Å². The van der Waals surface area contributed by atoms with Gasteiger partial charge in [-0.15, -0.1) is 11.8 Å². The van der Waals surface area contributed by atoms with Crippen molar-refractivity contribution in [1.29, 1.82) is 0 Å². The number of nitro benzene ring substituents is 1. The first kappa shape index (κ1) is 14.3. The fourth-order valence-corrected chi connectivity index (χ4v) is 2.83. The number of carbonyl (C=O) groups is 2. The Bertz CT molecular complexity index is 549. The van der Waals surface area contributed by atoms with Gasteiger partial charge in [-0.1, -0.05) is 12.1 Å². The Labute approximate surface area is 119 Å². The Balaban J connectivity index is 2.01. The summed E-state index contributed by atoms with van der Waals surface area (Å²) in [5, 5.41) is 15.6. The second-order valence-electron chi connectivity index (χ2n) is 4.18. The van der Waals surface area contributed by atoms with E-state index in [4.69, 9.17) is 0 Å². The maximum Gasteiger partial charge on any atom is 0.292 e. The van der Waals surface area contributed by atoms with E-state index in [2.05, 4.69) is 10.6 Å². The van der Waals surface area contributed by atoms with E-state index in [-0.39, 0.29) is 23.7 Å². The number of nitro groups is 1. The molecule has 1 aliphatic rings. The largest absolute Gasteiger partial charge is 0.354 e. The second-order valence-corrected chi connectivity index (χ2v) is 5.49. The maximum absolute atomic E-state index is 11.9. The van der Waals surface area contributed by atoms with Gasteiger partial charge in [-0.25, -0.2) is 0 Å². The first-order chi connectivity index (χ1) is 9.58. The van der Waals surface area contributed by atoms with Crippen LogP contribution in [0.2, 0.25) is 0 Å². The summed E-state index contributed by atoms with van der Waals surface area (Å²) in [4.78, 5) is 33.7. The molecule has 1 atom stereocenters. The van der Waals surface area contributed by atoms with E-state index in [0.717, 1.165) is 5.75 Å². The highest BCUT2D eigenvalue weighted by molar-refractivity contribution is 8.00. The maximum atomic E-state index is 11.9. The topological polar surface area (TPSA) is 101 Å². The Morgan fingerprint density at radius 2 is 2.25 bits per heavy atom. The summed E-state index contributed by atoms with van der Waals surface area (Å²) in [5.41, 5.74) is -0.0229. The molecule has 0 radical (unpaired) electrons. The summed E-state index contributed by atoms with van der Waals surface area (Å²) >= 11 is 1.41. The van der Waals surface area contributed by atoms with Crippen LogP contribution in [0.15, 0.2) is 24.3 Å². The van der Waals surface area contributed by atoms with E-state index in [1.807, 2.05) is 0 Å². The number of amides is 2. The smallest absolute Gasteiger partial charge is 0.292 e. The molecule has 2 rings (SSSR count). The second kappa shape index (κ2) is 6.38.